The number of amides is 2. The Morgan fingerprint density at radius 2 is 1.64 bits per heavy atom. The highest BCUT2D eigenvalue weighted by Gasteiger charge is 2.32. The van der Waals surface area contributed by atoms with Crippen LogP contribution in [0.1, 0.15) is 46.6 Å². The van der Waals surface area contributed by atoms with E-state index in [9.17, 15) is 23.1 Å². The minimum atomic E-state index is -3.98. The van der Waals surface area contributed by atoms with Gasteiger partial charge in [-0.25, -0.2) is 18.0 Å². The van der Waals surface area contributed by atoms with Crippen molar-refractivity contribution in [1.82, 2.24) is 14.9 Å². The van der Waals surface area contributed by atoms with Gasteiger partial charge in [-0.2, -0.15) is 4.31 Å². The number of methoxy groups -OCH3 is 1. The van der Waals surface area contributed by atoms with Gasteiger partial charge < -0.3 is 30.0 Å². The molecule has 12 heteroatoms. The van der Waals surface area contributed by atoms with E-state index in [0.29, 0.717) is 5.75 Å². The van der Waals surface area contributed by atoms with Crippen molar-refractivity contribution in [3.05, 3.63) is 60.2 Å². The van der Waals surface area contributed by atoms with E-state index in [1.165, 1.54) is 23.5 Å². The van der Waals surface area contributed by atoms with Gasteiger partial charge in [-0.1, -0.05) is 50.6 Å². The summed E-state index contributed by atoms with van der Waals surface area (Å²) in [7, 11) is -2.48. The van der Waals surface area contributed by atoms with Gasteiger partial charge in [0.25, 0.3) is 0 Å². The minimum absolute atomic E-state index is 0.0215. The van der Waals surface area contributed by atoms with E-state index in [4.69, 9.17) is 14.2 Å². The van der Waals surface area contributed by atoms with Crippen molar-refractivity contribution in [3.63, 3.8) is 0 Å². The number of benzene rings is 2. The predicted molar refractivity (Wildman–Crippen MR) is 160 cm³/mol. The molecule has 0 bridgehead atoms. The number of nitrogens with one attached hydrogen (secondary N) is 2. The lowest BCUT2D eigenvalue weighted by Gasteiger charge is -2.31. The smallest absolute Gasteiger partial charge is 0.407 e. The van der Waals surface area contributed by atoms with Gasteiger partial charge in [-0.05, 0) is 62.9 Å². The van der Waals surface area contributed by atoms with Crippen LogP contribution >= 0.6 is 0 Å². The van der Waals surface area contributed by atoms with Crippen LogP contribution in [-0.4, -0.2) is 81.1 Å². The van der Waals surface area contributed by atoms with Gasteiger partial charge in [0, 0.05) is 13.1 Å². The van der Waals surface area contributed by atoms with Gasteiger partial charge in [0.15, 0.2) is 0 Å². The molecule has 0 saturated carbocycles. The van der Waals surface area contributed by atoms with Gasteiger partial charge in [0.2, 0.25) is 10.0 Å². The SMILES string of the molecule is CC[C@H](C)CN(C[C@@H](O)[C@H](Cc1ccccc1)NC(=O)OCCNC(=O)OC(C)(C)C)S(=O)(=O)c1ccc(OC)cc1. The van der Waals surface area contributed by atoms with Crippen LogP contribution in [0.25, 0.3) is 0 Å². The van der Waals surface area contributed by atoms with Crippen molar-refractivity contribution in [2.24, 2.45) is 5.92 Å². The number of sulfonamides is 1. The van der Waals surface area contributed by atoms with E-state index in [1.807, 2.05) is 44.2 Å². The third-order valence-electron chi connectivity index (χ3n) is 6.37. The molecular formula is C30H45N3O8S. The zero-order chi connectivity index (χ0) is 31.3. The van der Waals surface area contributed by atoms with E-state index in [1.54, 1.807) is 32.9 Å². The number of carbonyl (C=O) groups excluding carboxylic acids is 2. The maximum absolute atomic E-state index is 13.7. The number of rotatable bonds is 15. The fourth-order valence-corrected chi connectivity index (χ4v) is 5.51. The zero-order valence-corrected chi connectivity index (χ0v) is 26.1. The molecule has 2 amide bonds. The number of hydrogen-bond acceptors (Lipinski definition) is 8. The molecule has 0 radical (unpaired) electrons. The molecule has 2 rings (SSSR count). The molecule has 0 fully saturated rings. The van der Waals surface area contributed by atoms with Crippen LogP contribution in [-0.2, 0) is 25.9 Å². The lowest BCUT2D eigenvalue weighted by atomic mass is 10.0. The number of carbonyl (C=O) groups is 2. The second-order valence-corrected chi connectivity index (χ2v) is 13.0. The van der Waals surface area contributed by atoms with Crippen molar-refractivity contribution in [3.8, 4) is 5.75 Å². The molecule has 0 saturated heterocycles. The highest BCUT2D eigenvalue weighted by Crippen LogP contribution is 2.22. The second-order valence-electron chi connectivity index (χ2n) is 11.1. The van der Waals surface area contributed by atoms with Gasteiger partial charge in [-0.3, -0.25) is 0 Å². The largest absolute Gasteiger partial charge is 0.497 e. The molecule has 0 spiro atoms. The maximum atomic E-state index is 13.7. The molecule has 0 aromatic heterocycles. The molecule has 0 aliphatic carbocycles. The van der Waals surface area contributed by atoms with E-state index < -0.39 is 40.0 Å². The van der Waals surface area contributed by atoms with Crippen LogP contribution in [0.2, 0.25) is 0 Å². The molecule has 0 aliphatic rings. The summed E-state index contributed by atoms with van der Waals surface area (Å²) in [6, 6.07) is 14.4. The second kappa shape index (κ2) is 16.3. The van der Waals surface area contributed by atoms with E-state index in [-0.39, 0.29) is 43.5 Å². The van der Waals surface area contributed by atoms with Crippen LogP contribution in [0, 0.1) is 5.92 Å². The first kappa shape index (κ1) is 34.8. The molecule has 3 atom stereocenters. The van der Waals surface area contributed by atoms with Crippen LogP contribution in [0.4, 0.5) is 9.59 Å². The molecule has 2 aromatic rings. The Hall–Kier alpha value is -3.35. The molecular weight excluding hydrogens is 562 g/mol. The third kappa shape index (κ3) is 11.9. The predicted octanol–water partition coefficient (Wildman–Crippen LogP) is 3.96. The Morgan fingerprint density at radius 3 is 2.21 bits per heavy atom. The molecule has 234 valence electrons. The summed E-state index contributed by atoms with van der Waals surface area (Å²) in [6.45, 7) is 8.93. The summed E-state index contributed by atoms with van der Waals surface area (Å²) in [5.41, 5.74) is 0.173. The third-order valence-corrected chi connectivity index (χ3v) is 8.22. The number of ether oxygens (including phenoxy) is 3. The number of nitrogens with zero attached hydrogens (tertiary/aromatic N) is 1. The van der Waals surface area contributed by atoms with Gasteiger partial charge in [0.1, 0.15) is 18.0 Å². The van der Waals surface area contributed by atoms with Crippen LogP contribution < -0.4 is 15.4 Å². The molecule has 11 nitrogen and oxygen atoms in total. The highest BCUT2D eigenvalue weighted by molar-refractivity contribution is 7.89. The molecule has 0 heterocycles. The van der Waals surface area contributed by atoms with Crippen LogP contribution in [0.5, 0.6) is 5.75 Å². The topological polar surface area (TPSA) is 144 Å². The maximum Gasteiger partial charge on any atom is 0.407 e. The van der Waals surface area contributed by atoms with E-state index >= 15 is 0 Å². The van der Waals surface area contributed by atoms with Crippen molar-refractivity contribution in [2.75, 3.05) is 33.4 Å². The van der Waals surface area contributed by atoms with Crippen molar-refractivity contribution in [2.45, 2.75) is 70.1 Å². The number of aliphatic hydroxyl groups excluding tert-OH is 1. The normalized spacial score (nSPS) is 14.0. The summed E-state index contributed by atoms with van der Waals surface area (Å²) in [5, 5.41) is 16.5. The minimum Gasteiger partial charge on any atom is -0.497 e. The first-order valence-corrected chi connectivity index (χ1v) is 15.5. The zero-order valence-electron chi connectivity index (χ0n) is 25.3. The summed E-state index contributed by atoms with van der Waals surface area (Å²) in [5.74, 6) is 0.544. The Bertz CT molecular complexity index is 1220. The summed E-state index contributed by atoms with van der Waals surface area (Å²) in [6.07, 6.45) is -1.75. The molecule has 0 aliphatic heterocycles. The summed E-state index contributed by atoms with van der Waals surface area (Å²) in [4.78, 5) is 24.6. The summed E-state index contributed by atoms with van der Waals surface area (Å²) < 4.78 is 44.1. The van der Waals surface area contributed by atoms with Crippen LogP contribution in [0.3, 0.4) is 0 Å². The monoisotopic (exact) mass is 607 g/mol. The number of alkyl carbamates (subject to hydrolysis) is 2. The van der Waals surface area contributed by atoms with Gasteiger partial charge in [-0.15, -0.1) is 0 Å². The standard InChI is InChI=1S/C30H45N3O8S/c1-7-22(2)20-33(42(37,38)25-15-13-24(39-6)14-16-25)21-27(34)26(19-23-11-9-8-10-12-23)32-29(36)40-18-17-31-28(35)41-30(3,4)5/h8-16,22,26-27,34H,7,17-21H2,1-6H3,(H,31,35)(H,32,36)/t22-,26-,27+/m0/s1. The number of aliphatic hydroxyl groups is 1. The van der Waals surface area contributed by atoms with Crippen molar-refractivity contribution in [1.29, 1.82) is 0 Å². The molecule has 0 unspecified atom stereocenters. The highest BCUT2D eigenvalue weighted by atomic mass is 32.2. The van der Waals surface area contributed by atoms with Gasteiger partial charge in [0.05, 0.1) is 30.7 Å². The number of hydrogen-bond donors (Lipinski definition) is 3. The average molecular weight is 608 g/mol. The Morgan fingerprint density at radius 1 is 1.00 bits per heavy atom. The van der Waals surface area contributed by atoms with Crippen molar-refractivity contribution >= 4 is 22.2 Å². The van der Waals surface area contributed by atoms with Crippen molar-refractivity contribution < 1.29 is 37.3 Å². The summed E-state index contributed by atoms with van der Waals surface area (Å²) >= 11 is 0. The Kier molecular flexibility index (Phi) is 13.5. The Balaban J connectivity index is 2.17. The lowest BCUT2D eigenvalue weighted by molar-refractivity contribution is 0.0508. The fraction of sp³-hybridized carbons (Fsp3) is 0.533. The van der Waals surface area contributed by atoms with Crippen LogP contribution in [0.15, 0.2) is 59.5 Å². The van der Waals surface area contributed by atoms with E-state index in [2.05, 4.69) is 10.6 Å². The molecule has 42 heavy (non-hydrogen) atoms. The van der Waals surface area contributed by atoms with E-state index in [0.717, 1.165) is 12.0 Å². The fourth-order valence-electron chi connectivity index (χ4n) is 3.94. The molecule has 2 aromatic carbocycles. The Labute approximate surface area is 249 Å². The first-order valence-electron chi connectivity index (χ1n) is 14.0. The average Bonchev–Trinajstić information content (AvgIpc) is 2.94. The molecule has 3 N–H and O–H groups in total. The quantitative estimate of drug-likeness (QED) is 0.258. The van der Waals surface area contributed by atoms with Gasteiger partial charge >= 0.3 is 12.2 Å². The first-order chi connectivity index (χ1) is 19.7. The lowest BCUT2D eigenvalue weighted by Crippen LogP contribution is -2.51.